The van der Waals surface area contributed by atoms with Gasteiger partial charge >= 0.3 is 6.09 Å². The van der Waals surface area contributed by atoms with Gasteiger partial charge in [-0.1, -0.05) is 12.1 Å². The van der Waals surface area contributed by atoms with Gasteiger partial charge in [0.2, 0.25) is 0 Å². The van der Waals surface area contributed by atoms with Crippen molar-refractivity contribution in [3.63, 3.8) is 0 Å². The number of carbonyl (C=O) groups excluding carboxylic acids is 2. The fourth-order valence-electron chi connectivity index (χ4n) is 3.51. The molecule has 1 N–H and O–H groups in total. The molecule has 0 unspecified atom stereocenters. The fraction of sp³-hybridized carbons (Fsp3) is 0.231. The molecule has 3 aromatic rings. The molecule has 1 aliphatic rings. The lowest BCUT2D eigenvalue weighted by atomic mass is 10.1. The number of benzene rings is 1. The van der Waals surface area contributed by atoms with E-state index in [0.29, 0.717) is 30.2 Å². The monoisotopic (exact) mass is 522 g/mol. The van der Waals surface area contributed by atoms with Crippen molar-refractivity contribution < 1.29 is 27.5 Å². The van der Waals surface area contributed by atoms with E-state index in [0.717, 1.165) is 18.9 Å². The van der Waals surface area contributed by atoms with Crippen LogP contribution in [0.3, 0.4) is 0 Å². The molecule has 4 rings (SSSR count). The van der Waals surface area contributed by atoms with Gasteiger partial charge < -0.3 is 14.4 Å². The van der Waals surface area contributed by atoms with Crippen molar-refractivity contribution in [3.8, 4) is 0 Å². The van der Waals surface area contributed by atoms with Crippen LogP contribution in [0.2, 0.25) is 0 Å². The Labute approximate surface area is 214 Å². The lowest BCUT2D eigenvalue weighted by Gasteiger charge is -2.27. The molecule has 10 nitrogen and oxygen atoms in total. The SMILES string of the molecule is O=C(Nc1ccc(C(=O)C=Cc2cccc(N3CCOCC3)n2)cc1)OCCS(=O)(=O)c1ccccn1. The van der Waals surface area contributed by atoms with Gasteiger partial charge in [-0.25, -0.2) is 23.2 Å². The molecule has 0 atom stereocenters. The van der Waals surface area contributed by atoms with E-state index in [2.05, 4.69) is 20.2 Å². The van der Waals surface area contributed by atoms with Crippen LogP contribution in [0.15, 0.2) is 78.0 Å². The Morgan fingerprint density at radius 2 is 1.81 bits per heavy atom. The zero-order valence-corrected chi connectivity index (χ0v) is 20.8. The number of ketones is 1. The van der Waals surface area contributed by atoms with E-state index in [1.807, 2.05) is 18.2 Å². The normalized spacial score (nSPS) is 13.9. The van der Waals surface area contributed by atoms with E-state index >= 15 is 0 Å². The highest BCUT2D eigenvalue weighted by Gasteiger charge is 2.17. The van der Waals surface area contributed by atoms with Gasteiger partial charge in [-0.15, -0.1) is 0 Å². The van der Waals surface area contributed by atoms with Gasteiger partial charge in [0, 0.05) is 30.5 Å². The minimum atomic E-state index is -3.65. The number of pyridine rings is 2. The highest BCUT2D eigenvalue weighted by Crippen LogP contribution is 2.15. The Morgan fingerprint density at radius 3 is 2.54 bits per heavy atom. The molecule has 192 valence electrons. The first-order chi connectivity index (χ1) is 17.9. The van der Waals surface area contributed by atoms with Gasteiger partial charge in [0.05, 0.1) is 24.7 Å². The van der Waals surface area contributed by atoms with E-state index < -0.39 is 15.9 Å². The lowest BCUT2D eigenvalue weighted by molar-refractivity contribution is 0.104. The molecule has 0 bridgehead atoms. The summed E-state index contributed by atoms with van der Waals surface area (Å²) in [7, 11) is -3.65. The van der Waals surface area contributed by atoms with Crippen LogP contribution in [-0.2, 0) is 19.3 Å². The Hall–Kier alpha value is -4.09. The molecule has 37 heavy (non-hydrogen) atoms. The quantitative estimate of drug-likeness (QED) is 0.333. The summed E-state index contributed by atoms with van der Waals surface area (Å²) in [6.07, 6.45) is 3.69. The van der Waals surface area contributed by atoms with Crippen molar-refractivity contribution in [1.29, 1.82) is 0 Å². The van der Waals surface area contributed by atoms with Crippen LogP contribution in [0.25, 0.3) is 6.08 Å². The molecule has 3 heterocycles. The predicted octanol–water partition coefficient (Wildman–Crippen LogP) is 3.23. The summed E-state index contributed by atoms with van der Waals surface area (Å²) >= 11 is 0. The van der Waals surface area contributed by atoms with Crippen LogP contribution in [0.1, 0.15) is 16.1 Å². The van der Waals surface area contributed by atoms with Crippen molar-refractivity contribution in [3.05, 3.63) is 84.2 Å². The summed E-state index contributed by atoms with van der Waals surface area (Å²) in [6, 6.07) is 16.5. The minimum absolute atomic E-state index is 0.0751. The van der Waals surface area contributed by atoms with Gasteiger partial charge in [-0.2, -0.15) is 0 Å². The maximum atomic E-state index is 12.6. The summed E-state index contributed by atoms with van der Waals surface area (Å²) in [6.45, 7) is 2.55. The molecule has 0 aliphatic carbocycles. The standard InChI is InChI=1S/C26H26N4O6S/c31-23(12-11-21-4-3-5-24(28-21)30-14-16-35-17-15-30)20-7-9-22(10-8-20)29-26(32)36-18-19-37(33,34)25-6-1-2-13-27-25/h1-13H,14-19H2,(H,29,32). The van der Waals surface area contributed by atoms with E-state index in [9.17, 15) is 18.0 Å². The number of amides is 1. The van der Waals surface area contributed by atoms with Gasteiger partial charge in [-0.05, 0) is 60.7 Å². The summed E-state index contributed by atoms with van der Waals surface area (Å²) in [5.74, 6) is 0.239. The van der Waals surface area contributed by atoms with Crippen molar-refractivity contribution in [2.24, 2.45) is 0 Å². The Balaban J connectivity index is 1.27. The second-order valence-corrected chi connectivity index (χ2v) is 10.1. The first-order valence-corrected chi connectivity index (χ1v) is 13.3. The molecule has 1 aliphatic heterocycles. The first kappa shape index (κ1) is 26.0. The van der Waals surface area contributed by atoms with Crippen LogP contribution >= 0.6 is 0 Å². The van der Waals surface area contributed by atoms with E-state index in [1.54, 1.807) is 42.5 Å². The number of allylic oxidation sites excluding steroid dienone is 1. The molecule has 0 radical (unpaired) electrons. The Morgan fingerprint density at radius 1 is 1.03 bits per heavy atom. The maximum Gasteiger partial charge on any atom is 0.411 e. The third-order valence-corrected chi connectivity index (χ3v) is 7.04. The third-order valence-electron chi connectivity index (χ3n) is 5.45. The highest BCUT2D eigenvalue weighted by atomic mass is 32.2. The number of carbonyl (C=O) groups is 2. The zero-order valence-electron chi connectivity index (χ0n) is 19.9. The number of nitrogens with one attached hydrogen (secondary N) is 1. The number of ether oxygens (including phenoxy) is 2. The summed E-state index contributed by atoms with van der Waals surface area (Å²) in [5.41, 5.74) is 1.50. The smallest absolute Gasteiger partial charge is 0.411 e. The van der Waals surface area contributed by atoms with Crippen LogP contribution in [0.4, 0.5) is 16.3 Å². The second kappa shape index (κ2) is 12.2. The Kier molecular flexibility index (Phi) is 8.60. The number of hydrogen-bond donors (Lipinski definition) is 1. The Bertz CT molecular complexity index is 1360. The number of sulfone groups is 1. The predicted molar refractivity (Wildman–Crippen MR) is 138 cm³/mol. The van der Waals surface area contributed by atoms with Crippen LogP contribution < -0.4 is 10.2 Å². The molecule has 1 amide bonds. The van der Waals surface area contributed by atoms with Gasteiger partial charge in [0.25, 0.3) is 0 Å². The van der Waals surface area contributed by atoms with Crippen LogP contribution in [-0.4, -0.2) is 68.9 Å². The molecule has 1 aromatic carbocycles. The maximum absolute atomic E-state index is 12.6. The van der Waals surface area contributed by atoms with Crippen molar-refractivity contribution in [2.45, 2.75) is 5.03 Å². The van der Waals surface area contributed by atoms with E-state index in [1.165, 1.54) is 18.3 Å². The topological polar surface area (TPSA) is 128 Å². The highest BCUT2D eigenvalue weighted by molar-refractivity contribution is 7.91. The van der Waals surface area contributed by atoms with Crippen molar-refractivity contribution in [1.82, 2.24) is 9.97 Å². The summed E-state index contributed by atoms with van der Waals surface area (Å²) in [5, 5.41) is 2.43. The number of rotatable bonds is 9. The van der Waals surface area contributed by atoms with Crippen molar-refractivity contribution in [2.75, 3.05) is 48.9 Å². The second-order valence-electron chi connectivity index (χ2n) is 8.04. The number of morpholine rings is 1. The molecule has 0 saturated carbocycles. The number of nitrogens with zero attached hydrogens (tertiary/aromatic N) is 3. The first-order valence-electron chi connectivity index (χ1n) is 11.6. The molecule has 11 heteroatoms. The number of aromatic nitrogens is 2. The summed E-state index contributed by atoms with van der Waals surface area (Å²) in [4.78, 5) is 35.1. The molecule has 1 saturated heterocycles. The van der Waals surface area contributed by atoms with Gasteiger partial charge in [-0.3, -0.25) is 10.1 Å². The van der Waals surface area contributed by atoms with Crippen LogP contribution in [0, 0.1) is 0 Å². The van der Waals surface area contributed by atoms with E-state index in [4.69, 9.17) is 9.47 Å². The average Bonchev–Trinajstić information content (AvgIpc) is 2.93. The minimum Gasteiger partial charge on any atom is -0.448 e. The number of anilines is 2. The van der Waals surface area contributed by atoms with Gasteiger partial charge in [0.15, 0.2) is 20.6 Å². The molecule has 1 fully saturated rings. The fourth-order valence-corrected chi connectivity index (χ4v) is 4.53. The molecular formula is C26H26N4O6S. The summed E-state index contributed by atoms with van der Waals surface area (Å²) < 4.78 is 34.7. The zero-order chi connectivity index (χ0) is 26.1. The molecular weight excluding hydrogens is 496 g/mol. The lowest BCUT2D eigenvalue weighted by Crippen LogP contribution is -2.36. The molecule has 0 spiro atoms. The largest absolute Gasteiger partial charge is 0.448 e. The third kappa shape index (κ3) is 7.45. The van der Waals surface area contributed by atoms with Crippen LogP contribution in [0.5, 0.6) is 0 Å². The van der Waals surface area contributed by atoms with Crippen molar-refractivity contribution >= 4 is 39.3 Å². The number of hydrogen-bond acceptors (Lipinski definition) is 9. The van der Waals surface area contributed by atoms with E-state index in [-0.39, 0.29) is 23.2 Å². The van der Waals surface area contributed by atoms with Gasteiger partial charge in [0.1, 0.15) is 12.4 Å². The molecule has 2 aromatic heterocycles. The average molecular weight is 523 g/mol.